The average Bonchev–Trinajstić information content (AvgIpc) is 2.96. The molecule has 0 amide bonds. The Labute approximate surface area is 122 Å². The van der Waals surface area contributed by atoms with E-state index in [4.69, 9.17) is 22.1 Å². The van der Waals surface area contributed by atoms with Gasteiger partial charge in [-0.3, -0.25) is 10.9 Å². The van der Waals surface area contributed by atoms with E-state index in [9.17, 15) is 4.79 Å². The summed E-state index contributed by atoms with van der Waals surface area (Å²) in [5, 5.41) is 12.3. The molecule has 1 aromatic carbocycles. The van der Waals surface area contributed by atoms with E-state index in [-0.39, 0.29) is 11.7 Å². The summed E-state index contributed by atoms with van der Waals surface area (Å²) in [7, 11) is 0. The quantitative estimate of drug-likeness (QED) is 0.482. The fraction of sp³-hybridized carbons (Fsp3) is 0.385. The molecule has 1 aliphatic heterocycles. The first-order valence-corrected chi connectivity index (χ1v) is 6.81. The van der Waals surface area contributed by atoms with Crippen molar-refractivity contribution in [2.45, 2.75) is 18.9 Å². The molecule has 1 heterocycles. The highest BCUT2D eigenvalue weighted by atomic mass is 32.1. The Balaban J connectivity index is 1.70. The summed E-state index contributed by atoms with van der Waals surface area (Å²) < 4.78 is 5.48. The number of carbonyl (C=O) groups is 1. The second-order valence-corrected chi connectivity index (χ2v) is 4.89. The van der Waals surface area contributed by atoms with Gasteiger partial charge >= 0.3 is 5.97 Å². The van der Waals surface area contributed by atoms with E-state index < -0.39 is 5.97 Å². The van der Waals surface area contributed by atoms with Gasteiger partial charge in [0.25, 0.3) is 0 Å². The van der Waals surface area contributed by atoms with Gasteiger partial charge in [-0.1, -0.05) is 0 Å². The summed E-state index contributed by atoms with van der Waals surface area (Å²) in [4.78, 5) is 10.7. The maximum absolute atomic E-state index is 10.7. The SMILES string of the molecule is O=C(O)c1ccc(NNC(=S)NC[C@@H]2CCCO2)cc1. The number of carboxylic acids is 1. The van der Waals surface area contributed by atoms with E-state index in [0.717, 1.165) is 25.1 Å². The Morgan fingerprint density at radius 2 is 2.15 bits per heavy atom. The first kappa shape index (κ1) is 14.5. The third-order valence-electron chi connectivity index (χ3n) is 2.97. The summed E-state index contributed by atoms with van der Waals surface area (Å²) in [6.45, 7) is 1.51. The standard InChI is InChI=1S/C13H17N3O3S/c17-12(18)9-3-5-10(6-4-9)15-16-13(20)14-8-11-2-1-7-19-11/h3-6,11,15H,1-2,7-8H2,(H,17,18)(H2,14,16,20)/t11-/m0/s1. The highest BCUT2D eigenvalue weighted by Crippen LogP contribution is 2.10. The number of rotatable bonds is 5. The van der Waals surface area contributed by atoms with Crippen LogP contribution >= 0.6 is 12.2 Å². The highest BCUT2D eigenvalue weighted by Gasteiger charge is 2.15. The Bertz CT molecular complexity index is 472. The van der Waals surface area contributed by atoms with E-state index in [1.165, 1.54) is 12.1 Å². The van der Waals surface area contributed by atoms with E-state index in [1.54, 1.807) is 12.1 Å². The molecule has 20 heavy (non-hydrogen) atoms. The Kier molecular flexibility index (Phi) is 5.14. The lowest BCUT2D eigenvalue weighted by atomic mass is 10.2. The Morgan fingerprint density at radius 3 is 2.75 bits per heavy atom. The first-order valence-electron chi connectivity index (χ1n) is 6.40. The molecule has 1 atom stereocenters. The van der Waals surface area contributed by atoms with Crippen LogP contribution in [0.1, 0.15) is 23.2 Å². The summed E-state index contributed by atoms with van der Waals surface area (Å²) in [5.74, 6) is -0.946. The number of ether oxygens (including phenoxy) is 1. The van der Waals surface area contributed by atoms with Crippen molar-refractivity contribution in [1.29, 1.82) is 0 Å². The van der Waals surface area contributed by atoms with Crippen molar-refractivity contribution in [3.8, 4) is 0 Å². The van der Waals surface area contributed by atoms with Gasteiger partial charge in [0, 0.05) is 13.2 Å². The number of aromatic carboxylic acids is 1. The van der Waals surface area contributed by atoms with E-state index in [1.807, 2.05) is 0 Å². The summed E-state index contributed by atoms with van der Waals surface area (Å²) >= 11 is 5.12. The number of hydrazine groups is 1. The number of carboxylic acid groups (broad SMARTS) is 1. The Morgan fingerprint density at radius 1 is 1.40 bits per heavy atom. The van der Waals surface area contributed by atoms with Crippen molar-refractivity contribution in [1.82, 2.24) is 10.7 Å². The molecule has 7 heteroatoms. The lowest BCUT2D eigenvalue weighted by Crippen LogP contribution is -2.41. The van der Waals surface area contributed by atoms with Crippen LogP contribution in [0, 0.1) is 0 Å². The molecule has 0 spiro atoms. The van der Waals surface area contributed by atoms with Crippen LogP contribution in [-0.4, -0.2) is 35.4 Å². The molecule has 6 nitrogen and oxygen atoms in total. The van der Waals surface area contributed by atoms with Crippen LogP contribution in [0.5, 0.6) is 0 Å². The summed E-state index contributed by atoms with van der Waals surface area (Å²) in [6, 6.07) is 6.38. The number of hydrogen-bond acceptors (Lipinski definition) is 4. The van der Waals surface area contributed by atoms with Crippen LogP contribution in [0.2, 0.25) is 0 Å². The fourth-order valence-electron chi connectivity index (χ4n) is 1.88. The fourth-order valence-corrected chi connectivity index (χ4v) is 2.02. The minimum Gasteiger partial charge on any atom is -0.478 e. The zero-order valence-corrected chi connectivity index (χ0v) is 11.7. The lowest BCUT2D eigenvalue weighted by Gasteiger charge is -2.15. The molecule has 0 aromatic heterocycles. The van der Waals surface area contributed by atoms with Gasteiger partial charge in [-0.05, 0) is 49.3 Å². The van der Waals surface area contributed by atoms with Crippen molar-refractivity contribution in [3.05, 3.63) is 29.8 Å². The largest absolute Gasteiger partial charge is 0.478 e. The molecule has 1 aliphatic rings. The van der Waals surface area contributed by atoms with Gasteiger partial charge in [0.15, 0.2) is 5.11 Å². The molecule has 108 valence electrons. The van der Waals surface area contributed by atoms with Crippen LogP contribution < -0.4 is 16.2 Å². The molecule has 0 aliphatic carbocycles. The number of nitrogens with one attached hydrogen (secondary N) is 3. The van der Waals surface area contributed by atoms with Crippen LogP contribution in [0.15, 0.2) is 24.3 Å². The molecular formula is C13H17N3O3S. The molecule has 0 unspecified atom stereocenters. The van der Waals surface area contributed by atoms with Crippen molar-refractivity contribution >= 4 is 29.0 Å². The molecule has 0 radical (unpaired) electrons. The van der Waals surface area contributed by atoms with Crippen molar-refractivity contribution < 1.29 is 14.6 Å². The topological polar surface area (TPSA) is 82.6 Å². The second-order valence-electron chi connectivity index (χ2n) is 4.48. The minimum atomic E-state index is -0.946. The molecule has 4 N–H and O–H groups in total. The number of thiocarbonyl (C=S) groups is 1. The van der Waals surface area contributed by atoms with Gasteiger partial charge in [-0.25, -0.2) is 4.79 Å². The van der Waals surface area contributed by atoms with Crippen LogP contribution in [0.3, 0.4) is 0 Å². The number of hydrogen-bond donors (Lipinski definition) is 4. The third kappa shape index (κ3) is 4.36. The predicted octanol–water partition coefficient (Wildman–Crippen LogP) is 1.35. The van der Waals surface area contributed by atoms with E-state index >= 15 is 0 Å². The normalized spacial score (nSPS) is 17.5. The van der Waals surface area contributed by atoms with Crippen molar-refractivity contribution in [2.75, 3.05) is 18.6 Å². The minimum absolute atomic E-state index is 0.226. The van der Waals surface area contributed by atoms with E-state index in [0.29, 0.717) is 11.7 Å². The lowest BCUT2D eigenvalue weighted by molar-refractivity contribution is 0.0697. The number of anilines is 1. The van der Waals surface area contributed by atoms with Gasteiger partial charge in [0.2, 0.25) is 0 Å². The smallest absolute Gasteiger partial charge is 0.335 e. The van der Waals surface area contributed by atoms with Crippen LogP contribution in [0.25, 0.3) is 0 Å². The molecular weight excluding hydrogens is 278 g/mol. The zero-order valence-electron chi connectivity index (χ0n) is 10.9. The van der Waals surface area contributed by atoms with Crippen molar-refractivity contribution in [2.24, 2.45) is 0 Å². The average molecular weight is 295 g/mol. The molecule has 1 fully saturated rings. The van der Waals surface area contributed by atoms with Gasteiger partial charge in [-0.2, -0.15) is 0 Å². The van der Waals surface area contributed by atoms with Gasteiger partial charge in [0.1, 0.15) is 0 Å². The van der Waals surface area contributed by atoms with Crippen LogP contribution in [0.4, 0.5) is 5.69 Å². The highest BCUT2D eigenvalue weighted by molar-refractivity contribution is 7.80. The Hall–Kier alpha value is -1.86. The maximum atomic E-state index is 10.7. The van der Waals surface area contributed by atoms with Gasteiger partial charge in [0.05, 0.1) is 17.4 Å². The van der Waals surface area contributed by atoms with E-state index in [2.05, 4.69) is 16.2 Å². The third-order valence-corrected chi connectivity index (χ3v) is 3.21. The zero-order chi connectivity index (χ0) is 14.4. The molecule has 1 saturated heterocycles. The van der Waals surface area contributed by atoms with Gasteiger partial charge in [-0.15, -0.1) is 0 Å². The molecule has 0 bridgehead atoms. The van der Waals surface area contributed by atoms with Crippen molar-refractivity contribution in [3.63, 3.8) is 0 Å². The first-order chi connectivity index (χ1) is 9.65. The summed E-state index contributed by atoms with van der Waals surface area (Å²) in [5.41, 5.74) is 6.72. The second kappa shape index (κ2) is 7.06. The molecule has 2 rings (SSSR count). The predicted molar refractivity (Wildman–Crippen MR) is 79.7 cm³/mol. The monoisotopic (exact) mass is 295 g/mol. The van der Waals surface area contributed by atoms with Crippen LogP contribution in [-0.2, 0) is 4.74 Å². The molecule has 0 saturated carbocycles. The molecule has 1 aromatic rings. The maximum Gasteiger partial charge on any atom is 0.335 e. The summed E-state index contributed by atoms with van der Waals surface area (Å²) in [6.07, 6.45) is 2.38. The van der Waals surface area contributed by atoms with Gasteiger partial charge < -0.3 is 15.2 Å². The number of benzene rings is 1.